The molecule has 2 fully saturated rings. The lowest BCUT2D eigenvalue weighted by Gasteiger charge is -2.44. The van der Waals surface area contributed by atoms with E-state index in [1.165, 1.54) is 19.3 Å². The number of hydrogen-bond donors (Lipinski definition) is 0. The van der Waals surface area contributed by atoms with Gasteiger partial charge < -0.3 is 18.9 Å². The molecule has 0 spiro atoms. The van der Waals surface area contributed by atoms with Gasteiger partial charge in [0.15, 0.2) is 6.29 Å². The van der Waals surface area contributed by atoms with E-state index in [1.54, 1.807) is 0 Å². The molecular formula is C30H38O4. The number of benzene rings is 2. The average Bonchev–Trinajstić information content (AvgIpc) is 3.33. The smallest absolute Gasteiger partial charge is 0.177 e. The largest absolute Gasteiger partial charge is 0.374 e. The molecule has 6 atom stereocenters. The summed E-state index contributed by atoms with van der Waals surface area (Å²) in [6.07, 6.45) is 7.38. The van der Waals surface area contributed by atoms with Crippen LogP contribution in [-0.4, -0.2) is 31.2 Å². The highest BCUT2D eigenvalue weighted by Gasteiger charge is 2.60. The summed E-state index contributed by atoms with van der Waals surface area (Å²) in [5, 5.41) is 0. The van der Waals surface area contributed by atoms with Gasteiger partial charge in [0.2, 0.25) is 0 Å². The van der Waals surface area contributed by atoms with Crippen molar-refractivity contribution in [2.24, 2.45) is 16.7 Å². The van der Waals surface area contributed by atoms with Crippen molar-refractivity contribution >= 4 is 0 Å². The van der Waals surface area contributed by atoms with E-state index in [0.717, 1.165) is 17.0 Å². The minimum absolute atomic E-state index is 0.171. The van der Waals surface area contributed by atoms with Gasteiger partial charge in [0.05, 0.1) is 25.9 Å². The first-order chi connectivity index (χ1) is 16.4. The molecule has 2 aromatic carbocycles. The summed E-state index contributed by atoms with van der Waals surface area (Å²) in [5.41, 5.74) is 2.71. The SMILES string of the molecule is CC1(C)[C@@H]2CC[C@@](C)(C2)[C@@H]1O[C@@H]1C=C[C@H](OCc2ccccc2)[C@@H](COCc2ccccc2)O1. The third kappa shape index (κ3) is 5.01. The number of hydrogen-bond acceptors (Lipinski definition) is 4. The van der Waals surface area contributed by atoms with E-state index in [4.69, 9.17) is 18.9 Å². The van der Waals surface area contributed by atoms with Gasteiger partial charge in [0.1, 0.15) is 12.2 Å². The van der Waals surface area contributed by atoms with Crippen molar-refractivity contribution in [3.8, 4) is 0 Å². The van der Waals surface area contributed by atoms with Crippen LogP contribution in [0.15, 0.2) is 72.8 Å². The Hall–Kier alpha value is -1.98. The van der Waals surface area contributed by atoms with Crippen molar-refractivity contribution in [1.29, 1.82) is 0 Å². The van der Waals surface area contributed by atoms with Gasteiger partial charge in [0, 0.05) is 0 Å². The summed E-state index contributed by atoms with van der Waals surface area (Å²) in [5.74, 6) is 0.738. The molecule has 4 nitrogen and oxygen atoms in total. The second-order valence-electron chi connectivity index (χ2n) is 11.1. The van der Waals surface area contributed by atoms with Crippen LogP contribution in [0.5, 0.6) is 0 Å². The molecule has 0 saturated heterocycles. The van der Waals surface area contributed by atoms with E-state index < -0.39 is 0 Å². The molecule has 182 valence electrons. The Labute approximate surface area is 204 Å². The molecule has 1 heterocycles. The Morgan fingerprint density at radius 1 is 0.882 bits per heavy atom. The van der Waals surface area contributed by atoms with Crippen LogP contribution in [0, 0.1) is 16.7 Å². The first-order valence-electron chi connectivity index (χ1n) is 12.7. The van der Waals surface area contributed by atoms with Crippen LogP contribution in [0.1, 0.15) is 51.2 Å². The topological polar surface area (TPSA) is 36.9 Å². The van der Waals surface area contributed by atoms with Gasteiger partial charge in [-0.05, 0) is 53.2 Å². The van der Waals surface area contributed by atoms with E-state index >= 15 is 0 Å². The third-order valence-electron chi connectivity index (χ3n) is 8.22. The van der Waals surface area contributed by atoms with Crippen LogP contribution in [0.2, 0.25) is 0 Å². The van der Waals surface area contributed by atoms with Gasteiger partial charge in [-0.25, -0.2) is 0 Å². The molecule has 0 N–H and O–H groups in total. The Morgan fingerprint density at radius 3 is 2.21 bits per heavy atom. The lowest BCUT2D eigenvalue weighted by molar-refractivity contribution is -0.239. The maximum Gasteiger partial charge on any atom is 0.177 e. The summed E-state index contributed by atoms with van der Waals surface area (Å²) >= 11 is 0. The molecule has 2 saturated carbocycles. The lowest BCUT2D eigenvalue weighted by atomic mass is 9.70. The van der Waals surface area contributed by atoms with E-state index in [0.29, 0.717) is 19.8 Å². The molecule has 0 amide bonds. The average molecular weight is 463 g/mol. The molecule has 34 heavy (non-hydrogen) atoms. The Kier molecular flexibility index (Phi) is 6.95. The quantitative estimate of drug-likeness (QED) is 0.410. The standard InChI is InChI=1S/C30H38O4/c1-29(2)24-16-17-30(3,18-24)28(29)34-27-15-14-25(32-20-23-12-8-5-9-13-23)26(33-27)21-31-19-22-10-6-4-7-11-22/h4-15,24-28H,16-21H2,1-3H3/t24-,25+,26-,27-,28-,30+/m1/s1. The van der Waals surface area contributed by atoms with Crippen molar-refractivity contribution in [3.63, 3.8) is 0 Å². The molecule has 2 aliphatic carbocycles. The van der Waals surface area contributed by atoms with Gasteiger partial charge in [-0.1, -0.05) is 87.5 Å². The highest BCUT2D eigenvalue weighted by Crippen LogP contribution is 2.63. The van der Waals surface area contributed by atoms with Crippen LogP contribution in [0.4, 0.5) is 0 Å². The van der Waals surface area contributed by atoms with Crippen molar-refractivity contribution in [2.75, 3.05) is 6.61 Å². The fourth-order valence-electron chi connectivity index (χ4n) is 6.36. The molecule has 4 heteroatoms. The zero-order valence-electron chi connectivity index (χ0n) is 20.7. The van der Waals surface area contributed by atoms with Gasteiger partial charge in [-0.15, -0.1) is 0 Å². The van der Waals surface area contributed by atoms with Crippen LogP contribution in [0.3, 0.4) is 0 Å². The fourth-order valence-corrected chi connectivity index (χ4v) is 6.36. The van der Waals surface area contributed by atoms with E-state index in [1.807, 2.05) is 42.5 Å². The summed E-state index contributed by atoms with van der Waals surface area (Å²) in [4.78, 5) is 0. The van der Waals surface area contributed by atoms with Crippen molar-refractivity contribution in [3.05, 3.63) is 83.9 Å². The lowest BCUT2D eigenvalue weighted by Crippen LogP contribution is -2.47. The Morgan fingerprint density at radius 2 is 1.56 bits per heavy atom. The van der Waals surface area contributed by atoms with Gasteiger partial charge in [-0.2, -0.15) is 0 Å². The molecule has 0 radical (unpaired) electrons. The van der Waals surface area contributed by atoms with E-state index in [2.05, 4.69) is 51.1 Å². The molecule has 3 aliphatic rings. The molecule has 0 unspecified atom stereocenters. The second-order valence-corrected chi connectivity index (χ2v) is 11.1. The monoisotopic (exact) mass is 462 g/mol. The number of fused-ring (bicyclic) bond motifs is 2. The molecule has 5 rings (SSSR count). The molecular weight excluding hydrogens is 424 g/mol. The fraction of sp³-hybridized carbons (Fsp3) is 0.533. The highest BCUT2D eigenvalue weighted by atomic mass is 16.7. The first-order valence-corrected chi connectivity index (χ1v) is 12.7. The van der Waals surface area contributed by atoms with Crippen molar-refractivity contribution in [1.82, 2.24) is 0 Å². The zero-order chi connectivity index (χ0) is 23.6. The maximum absolute atomic E-state index is 6.69. The minimum Gasteiger partial charge on any atom is -0.374 e. The molecule has 2 aromatic rings. The third-order valence-corrected chi connectivity index (χ3v) is 8.22. The first kappa shape index (κ1) is 23.7. The van der Waals surface area contributed by atoms with E-state index in [9.17, 15) is 0 Å². The van der Waals surface area contributed by atoms with E-state index in [-0.39, 0.29) is 35.4 Å². The minimum atomic E-state index is -0.373. The van der Waals surface area contributed by atoms with Crippen molar-refractivity contribution < 1.29 is 18.9 Å². The summed E-state index contributed by atoms with van der Waals surface area (Å²) in [6.45, 7) is 8.67. The predicted octanol–water partition coefficient (Wildman–Crippen LogP) is 6.30. The summed E-state index contributed by atoms with van der Waals surface area (Å²) in [6, 6.07) is 20.5. The van der Waals surface area contributed by atoms with Crippen molar-refractivity contribution in [2.45, 2.75) is 77.8 Å². The molecule has 0 aromatic heterocycles. The van der Waals surface area contributed by atoms with Crippen LogP contribution >= 0.6 is 0 Å². The highest BCUT2D eigenvalue weighted by molar-refractivity contribution is 5.15. The normalized spacial score (nSPS) is 33.9. The molecule has 2 bridgehead atoms. The number of ether oxygens (including phenoxy) is 4. The summed E-state index contributed by atoms with van der Waals surface area (Å²) < 4.78 is 25.5. The van der Waals surface area contributed by atoms with Crippen LogP contribution < -0.4 is 0 Å². The predicted molar refractivity (Wildman–Crippen MR) is 133 cm³/mol. The van der Waals surface area contributed by atoms with Gasteiger partial charge in [-0.3, -0.25) is 0 Å². The van der Waals surface area contributed by atoms with Gasteiger partial charge >= 0.3 is 0 Å². The molecule has 1 aliphatic heterocycles. The zero-order valence-corrected chi connectivity index (χ0v) is 20.7. The Bertz CT molecular complexity index is 952. The van der Waals surface area contributed by atoms with Gasteiger partial charge in [0.25, 0.3) is 0 Å². The van der Waals surface area contributed by atoms with Crippen LogP contribution in [-0.2, 0) is 32.2 Å². The second kappa shape index (κ2) is 9.94. The number of rotatable bonds is 9. The Balaban J connectivity index is 1.25. The maximum atomic E-state index is 6.69. The summed E-state index contributed by atoms with van der Waals surface area (Å²) in [7, 11) is 0. The van der Waals surface area contributed by atoms with Crippen LogP contribution in [0.25, 0.3) is 0 Å².